The van der Waals surface area contributed by atoms with Crippen molar-refractivity contribution in [2.45, 2.75) is 6.92 Å². The summed E-state index contributed by atoms with van der Waals surface area (Å²) < 4.78 is 5.69. The van der Waals surface area contributed by atoms with E-state index >= 15 is 0 Å². The Kier molecular flexibility index (Phi) is 4.57. The molecule has 2 aromatic carbocycles. The van der Waals surface area contributed by atoms with Crippen LogP contribution >= 0.6 is 0 Å². The molecule has 0 unspecified atom stereocenters. The molecule has 3 aromatic rings. The number of pyridine rings is 1. The van der Waals surface area contributed by atoms with E-state index in [2.05, 4.69) is 16.9 Å². The summed E-state index contributed by atoms with van der Waals surface area (Å²) in [5, 5.41) is 3.84. The second-order valence-electron chi connectivity index (χ2n) is 5.58. The highest BCUT2D eigenvalue weighted by Gasteiger charge is 2.13. The molecule has 0 spiro atoms. The highest BCUT2D eigenvalue weighted by Crippen LogP contribution is 2.25. The van der Waals surface area contributed by atoms with E-state index in [-0.39, 0.29) is 5.91 Å². The molecule has 3 rings (SSSR count). The minimum Gasteiger partial charge on any atom is -0.487 e. The third-order valence-corrected chi connectivity index (χ3v) is 3.49. The van der Waals surface area contributed by atoms with Crippen molar-refractivity contribution in [2.24, 2.45) is 0 Å². The summed E-state index contributed by atoms with van der Waals surface area (Å²) in [6.45, 7) is 6.12. The topological polar surface area (TPSA) is 51.2 Å². The number of ether oxygens (including phenoxy) is 1. The highest BCUT2D eigenvalue weighted by molar-refractivity contribution is 6.12. The van der Waals surface area contributed by atoms with Gasteiger partial charge in [-0.15, -0.1) is 0 Å². The van der Waals surface area contributed by atoms with Crippen LogP contribution in [0.25, 0.3) is 10.9 Å². The lowest BCUT2D eigenvalue weighted by Crippen LogP contribution is -2.14. The molecule has 0 aliphatic carbocycles. The molecule has 24 heavy (non-hydrogen) atoms. The summed E-state index contributed by atoms with van der Waals surface area (Å²) in [6, 6.07) is 16.7. The van der Waals surface area contributed by atoms with Gasteiger partial charge in [0.05, 0.1) is 16.8 Å². The van der Waals surface area contributed by atoms with Crippen molar-refractivity contribution < 1.29 is 9.53 Å². The molecule has 4 heteroatoms. The summed E-state index contributed by atoms with van der Waals surface area (Å²) in [5.41, 5.74) is 2.74. The number of benzene rings is 2. The van der Waals surface area contributed by atoms with Crippen LogP contribution in [0.5, 0.6) is 5.75 Å². The van der Waals surface area contributed by atoms with Crippen molar-refractivity contribution in [3.05, 3.63) is 78.5 Å². The molecule has 0 bridgehead atoms. The molecule has 0 saturated carbocycles. The first kappa shape index (κ1) is 15.7. The fourth-order valence-electron chi connectivity index (χ4n) is 2.37. The van der Waals surface area contributed by atoms with E-state index in [1.165, 1.54) is 0 Å². The van der Waals surface area contributed by atoms with Gasteiger partial charge < -0.3 is 10.1 Å². The van der Waals surface area contributed by atoms with Gasteiger partial charge in [-0.1, -0.05) is 36.9 Å². The lowest BCUT2D eigenvalue weighted by atomic mass is 10.1. The summed E-state index contributed by atoms with van der Waals surface area (Å²) in [7, 11) is 0. The van der Waals surface area contributed by atoms with Crippen LogP contribution in [0, 0.1) is 0 Å². The third-order valence-electron chi connectivity index (χ3n) is 3.49. The maximum absolute atomic E-state index is 12.7. The molecule has 0 saturated heterocycles. The van der Waals surface area contributed by atoms with Crippen molar-refractivity contribution in [3.63, 3.8) is 0 Å². The molecule has 0 radical (unpaired) electrons. The number of anilines is 1. The molecular weight excluding hydrogens is 300 g/mol. The van der Waals surface area contributed by atoms with Gasteiger partial charge in [0.2, 0.25) is 0 Å². The number of amides is 1. The van der Waals surface area contributed by atoms with E-state index in [0.717, 1.165) is 11.0 Å². The predicted molar refractivity (Wildman–Crippen MR) is 96.4 cm³/mol. The first-order chi connectivity index (χ1) is 11.6. The Balaban J connectivity index is 1.88. The summed E-state index contributed by atoms with van der Waals surface area (Å²) in [4.78, 5) is 17.0. The van der Waals surface area contributed by atoms with Gasteiger partial charge in [0, 0.05) is 11.6 Å². The lowest BCUT2D eigenvalue weighted by Gasteiger charge is -2.13. The number of hydrogen-bond acceptors (Lipinski definition) is 3. The molecular formula is C20H18N2O2. The van der Waals surface area contributed by atoms with Crippen molar-refractivity contribution in [1.29, 1.82) is 0 Å². The summed E-state index contributed by atoms with van der Waals surface area (Å²) in [5.74, 6) is 0.396. The van der Waals surface area contributed by atoms with Crippen LogP contribution in [-0.2, 0) is 0 Å². The number of aromatic nitrogens is 1. The number of nitrogens with zero attached hydrogens (tertiary/aromatic N) is 1. The van der Waals surface area contributed by atoms with Gasteiger partial charge in [0.25, 0.3) is 5.91 Å². The van der Waals surface area contributed by atoms with Crippen molar-refractivity contribution >= 4 is 22.5 Å². The Bertz CT molecular complexity index is 898. The Morgan fingerprint density at radius 3 is 2.75 bits per heavy atom. The first-order valence-corrected chi connectivity index (χ1v) is 7.66. The number of carbonyl (C=O) groups is 1. The van der Waals surface area contributed by atoms with Crippen LogP contribution in [-0.4, -0.2) is 17.5 Å². The van der Waals surface area contributed by atoms with Crippen LogP contribution in [0.3, 0.4) is 0 Å². The average molecular weight is 318 g/mol. The second kappa shape index (κ2) is 6.96. The zero-order valence-corrected chi connectivity index (χ0v) is 13.5. The smallest absolute Gasteiger partial charge is 0.257 e. The van der Waals surface area contributed by atoms with Gasteiger partial charge in [-0.2, -0.15) is 0 Å². The SMILES string of the molecule is C=C(C)COc1ccccc1NC(=O)c1cccc2cccnc12. The van der Waals surface area contributed by atoms with Gasteiger partial charge in [0.1, 0.15) is 12.4 Å². The van der Waals surface area contributed by atoms with E-state index in [1.54, 1.807) is 12.3 Å². The molecule has 1 aromatic heterocycles. The molecule has 0 aliphatic rings. The number of carbonyl (C=O) groups excluding carboxylic acids is 1. The van der Waals surface area contributed by atoms with E-state index in [1.807, 2.05) is 55.5 Å². The van der Waals surface area contributed by atoms with E-state index in [9.17, 15) is 4.79 Å². The second-order valence-corrected chi connectivity index (χ2v) is 5.58. The molecule has 120 valence electrons. The van der Waals surface area contributed by atoms with Crippen LogP contribution in [0.4, 0.5) is 5.69 Å². The van der Waals surface area contributed by atoms with Crippen molar-refractivity contribution in [2.75, 3.05) is 11.9 Å². The van der Waals surface area contributed by atoms with Crippen LogP contribution < -0.4 is 10.1 Å². The number of para-hydroxylation sites is 3. The number of rotatable bonds is 5. The average Bonchev–Trinajstić information content (AvgIpc) is 2.60. The molecule has 0 atom stereocenters. The van der Waals surface area contributed by atoms with Crippen LogP contribution in [0.2, 0.25) is 0 Å². The fourth-order valence-corrected chi connectivity index (χ4v) is 2.37. The van der Waals surface area contributed by atoms with Crippen LogP contribution in [0.15, 0.2) is 72.9 Å². The zero-order chi connectivity index (χ0) is 16.9. The molecule has 4 nitrogen and oxygen atoms in total. The number of nitrogens with one attached hydrogen (secondary N) is 1. The van der Waals surface area contributed by atoms with Gasteiger partial charge in [-0.25, -0.2) is 0 Å². The monoisotopic (exact) mass is 318 g/mol. The van der Waals surface area contributed by atoms with Crippen molar-refractivity contribution in [3.8, 4) is 5.75 Å². The Labute approximate surface area is 140 Å². The fraction of sp³-hybridized carbons (Fsp3) is 0.100. The van der Waals surface area contributed by atoms with Gasteiger partial charge in [-0.05, 0) is 36.8 Å². The van der Waals surface area contributed by atoms with Gasteiger partial charge in [0.15, 0.2) is 0 Å². The summed E-state index contributed by atoms with van der Waals surface area (Å²) in [6.07, 6.45) is 1.68. The number of fused-ring (bicyclic) bond motifs is 1. The molecule has 1 amide bonds. The lowest BCUT2D eigenvalue weighted by molar-refractivity contribution is 0.102. The largest absolute Gasteiger partial charge is 0.487 e. The van der Waals surface area contributed by atoms with Gasteiger partial charge in [-0.3, -0.25) is 9.78 Å². The Morgan fingerprint density at radius 2 is 1.92 bits per heavy atom. The van der Waals surface area contributed by atoms with E-state index < -0.39 is 0 Å². The Hall–Kier alpha value is -3.14. The minimum atomic E-state index is -0.217. The first-order valence-electron chi connectivity index (χ1n) is 7.66. The highest BCUT2D eigenvalue weighted by atomic mass is 16.5. The molecule has 0 aliphatic heterocycles. The van der Waals surface area contributed by atoms with E-state index in [4.69, 9.17) is 4.74 Å². The minimum absolute atomic E-state index is 0.217. The van der Waals surface area contributed by atoms with E-state index in [0.29, 0.717) is 29.1 Å². The normalized spacial score (nSPS) is 10.4. The third kappa shape index (κ3) is 3.43. The standard InChI is InChI=1S/C20H18N2O2/c1-14(2)13-24-18-11-4-3-10-17(18)22-20(23)16-9-5-7-15-8-6-12-21-19(15)16/h3-12H,1,13H2,2H3,(H,22,23). The van der Waals surface area contributed by atoms with Crippen LogP contribution in [0.1, 0.15) is 17.3 Å². The number of hydrogen-bond donors (Lipinski definition) is 1. The van der Waals surface area contributed by atoms with Crippen molar-refractivity contribution in [1.82, 2.24) is 4.98 Å². The molecule has 1 N–H and O–H groups in total. The van der Waals surface area contributed by atoms with Gasteiger partial charge >= 0.3 is 0 Å². The zero-order valence-electron chi connectivity index (χ0n) is 13.5. The maximum Gasteiger partial charge on any atom is 0.257 e. The summed E-state index contributed by atoms with van der Waals surface area (Å²) >= 11 is 0. The Morgan fingerprint density at radius 1 is 1.12 bits per heavy atom. The molecule has 0 fully saturated rings. The molecule has 1 heterocycles. The quantitative estimate of drug-likeness (QED) is 0.707. The maximum atomic E-state index is 12.7. The predicted octanol–water partition coefficient (Wildman–Crippen LogP) is 4.44.